The first kappa shape index (κ1) is 20.7. The summed E-state index contributed by atoms with van der Waals surface area (Å²) in [6.07, 6.45) is -1.12. The molecule has 0 radical (unpaired) electrons. The molecule has 1 N–H and O–H groups in total. The smallest absolute Gasteiger partial charge is 0.406 e. The fraction of sp³-hybridized carbons (Fsp3) is 0.286. The third-order valence-electron chi connectivity index (χ3n) is 5.04. The molecule has 4 rings (SSSR count). The minimum absolute atomic E-state index is 0.245. The minimum atomic E-state index is -4.80. The Kier molecular flexibility index (Phi) is 5.08. The van der Waals surface area contributed by atoms with Gasteiger partial charge in [-0.25, -0.2) is 0 Å². The van der Waals surface area contributed by atoms with Crippen LogP contribution in [0.4, 0.5) is 24.7 Å². The molecule has 0 spiro atoms. The van der Waals surface area contributed by atoms with Gasteiger partial charge in [-0.2, -0.15) is 4.68 Å². The van der Waals surface area contributed by atoms with Crippen molar-refractivity contribution < 1.29 is 17.9 Å². The largest absolute Gasteiger partial charge is 0.573 e. The van der Waals surface area contributed by atoms with Crippen LogP contribution in [0, 0.1) is 6.92 Å². The van der Waals surface area contributed by atoms with Gasteiger partial charge in [0.1, 0.15) is 11.4 Å². The average Bonchev–Trinajstić information content (AvgIpc) is 3.18. The number of fused-ring (bicyclic) bond motifs is 1. The molecular weight excluding hydrogens is 413 g/mol. The standard InChI is InChI=1S/C21H19F3N4O3/c1-12-10-17(20(30)27(2)11-12)25-18-15-4-3-5-16(15)19(29)28(26-18)13-6-8-14(9-7-13)31-21(22,23)24/h6-11H,3-5H2,1-2H3,(H,25,26). The lowest BCUT2D eigenvalue weighted by molar-refractivity contribution is -0.274. The molecule has 1 aliphatic rings. The number of ether oxygens (including phenoxy) is 1. The van der Waals surface area contributed by atoms with E-state index in [0.29, 0.717) is 29.9 Å². The highest BCUT2D eigenvalue weighted by atomic mass is 19.4. The second kappa shape index (κ2) is 7.60. The summed E-state index contributed by atoms with van der Waals surface area (Å²) in [6, 6.07) is 6.59. The fourth-order valence-corrected chi connectivity index (χ4v) is 3.74. The minimum Gasteiger partial charge on any atom is -0.406 e. The van der Waals surface area contributed by atoms with Crippen LogP contribution in [0.25, 0.3) is 5.69 Å². The van der Waals surface area contributed by atoms with Crippen LogP contribution in [0.2, 0.25) is 0 Å². The number of nitrogens with one attached hydrogen (secondary N) is 1. The molecule has 0 saturated carbocycles. The molecular formula is C21H19F3N4O3. The average molecular weight is 432 g/mol. The number of hydrogen-bond acceptors (Lipinski definition) is 5. The predicted octanol–water partition coefficient (Wildman–Crippen LogP) is 3.37. The Bertz CT molecular complexity index is 1260. The van der Waals surface area contributed by atoms with E-state index in [1.165, 1.54) is 16.7 Å². The fourth-order valence-electron chi connectivity index (χ4n) is 3.74. The third-order valence-corrected chi connectivity index (χ3v) is 5.04. The normalized spacial score (nSPS) is 13.2. The zero-order chi connectivity index (χ0) is 22.3. The number of aromatic nitrogens is 3. The highest BCUT2D eigenvalue weighted by molar-refractivity contribution is 5.61. The highest BCUT2D eigenvalue weighted by Gasteiger charge is 2.31. The molecule has 0 aliphatic heterocycles. The van der Waals surface area contributed by atoms with Crippen molar-refractivity contribution in [3.05, 3.63) is 73.9 Å². The highest BCUT2D eigenvalue weighted by Crippen LogP contribution is 2.28. The zero-order valence-corrected chi connectivity index (χ0v) is 16.8. The molecule has 0 atom stereocenters. The van der Waals surface area contributed by atoms with Crippen molar-refractivity contribution >= 4 is 11.5 Å². The molecule has 0 fully saturated rings. The van der Waals surface area contributed by atoms with Crippen molar-refractivity contribution in [2.24, 2.45) is 7.05 Å². The summed E-state index contributed by atoms with van der Waals surface area (Å²) in [5.74, 6) is -0.0162. The number of nitrogens with zero attached hydrogens (tertiary/aromatic N) is 3. The second-order valence-electron chi connectivity index (χ2n) is 7.39. The molecule has 3 aromatic rings. The Balaban J connectivity index is 1.78. The molecule has 1 aliphatic carbocycles. The number of rotatable bonds is 4. The molecule has 0 bridgehead atoms. The first-order valence-corrected chi connectivity index (χ1v) is 9.58. The van der Waals surface area contributed by atoms with Gasteiger partial charge in [0.15, 0.2) is 5.82 Å². The van der Waals surface area contributed by atoms with Crippen LogP contribution in [0.5, 0.6) is 5.75 Å². The number of alkyl halides is 3. The molecule has 162 valence electrons. The molecule has 10 heteroatoms. The van der Waals surface area contributed by atoms with Crippen molar-refractivity contribution in [1.82, 2.24) is 14.3 Å². The number of anilines is 2. The monoisotopic (exact) mass is 432 g/mol. The Hall–Kier alpha value is -3.56. The lowest BCUT2D eigenvalue weighted by Crippen LogP contribution is -2.27. The van der Waals surface area contributed by atoms with Crippen LogP contribution in [0.15, 0.2) is 46.1 Å². The summed E-state index contributed by atoms with van der Waals surface area (Å²) < 4.78 is 43.7. The van der Waals surface area contributed by atoms with Crippen LogP contribution < -0.4 is 21.2 Å². The van der Waals surface area contributed by atoms with Gasteiger partial charge < -0.3 is 14.6 Å². The lowest BCUT2D eigenvalue weighted by atomic mass is 10.2. The van der Waals surface area contributed by atoms with Gasteiger partial charge in [0, 0.05) is 24.4 Å². The van der Waals surface area contributed by atoms with Crippen molar-refractivity contribution in [2.75, 3.05) is 5.32 Å². The first-order chi connectivity index (χ1) is 14.6. The molecule has 31 heavy (non-hydrogen) atoms. The Labute approximate surface area is 174 Å². The van der Waals surface area contributed by atoms with Gasteiger partial charge in [-0.05, 0) is 62.1 Å². The zero-order valence-electron chi connectivity index (χ0n) is 16.8. The van der Waals surface area contributed by atoms with Gasteiger partial charge in [-0.1, -0.05) is 0 Å². The van der Waals surface area contributed by atoms with E-state index in [1.54, 1.807) is 19.3 Å². The van der Waals surface area contributed by atoms with E-state index in [1.807, 2.05) is 6.92 Å². The molecule has 0 amide bonds. The molecule has 2 heterocycles. The molecule has 1 aromatic carbocycles. The summed E-state index contributed by atoms with van der Waals surface area (Å²) in [7, 11) is 1.64. The topological polar surface area (TPSA) is 78.2 Å². The van der Waals surface area contributed by atoms with Gasteiger partial charge in [0.05, 0.1) is 5.69 Å². The summed E-state index contributed by atoms with van der Waals surface area (Å²) in [5.41, 5.74) is 2.23. The predicted molar refractivity (Wildman–Crippen MR) is 108 cm³/mol. The third kappa shape index (κ3) is 4.18. The SMILES string of the molecule is Cc1cc(Nc2nn(-c3ccc(OC(F)(F)F)cc3)c(=O)c3c2CCC3)c(=O)n(C)c1. The molecule has 0 unspecified atom stereocenters. The van der Waals surface area contributed by atoms with E-state index in [2.05, 4.69) is 15.2 Å². The van der Waals surface area contributed by atoms with E-state index in [4.69, 9.17) is 0 Å². The van der Waals surface area contributed by atoms with Crippen LogP contribution >= 0.6 is 0 Å². The van der Waals surface area contributed by atoms with Crippen LogP contribution in [0.1, 0.15) is 23.1 Å². The molecule has 2 aromatic heterocycles. The number of halogens is 3. The number of aryl methyl sites for hydroxylation is 2. The van der Waals surface area contributed by atoms with Crippen LogP contribution in [-0.4, -0.2) is 20.7 Å². The van der Waals surface area contributed by atoms with Gasteiger partial charge in [-0.15, -0.1) is 18.3 Å². The Morgan fingerprint density at radius 2 is 1.74 bits per heavy atom. The first-order valence-electron chi connectivity index (χ1n) is 9.58. The Morgan fingerprint density at radius 1 is 1.06 bits per heavy atom. The van der Waals surface area contributed by atoms with Crippen molar-refractivity contribution in [3.63, 3.8) is 0 Å². The van der Waals surface area contributed by atoms with Crippen molar-refractivity contribution in [3.8, 4) is 11.4 Å². The summed E-state index contributed by atoms with van der Waals surface area (Å²) >= 11 is 0. The maximum Gasteiger partial charge on any atom is 0.573 e. The quantitative estimate of drug-likeness (QED) is 0.684. The number of pyridine rings is 1. The van der Waals surface area contributed by atoms with Gasteiger partial charge in [0.2, 0.25) is 0 Å². The number of benzene rings is 1. The Morgan fingerprint density at radius 3 is 2.42 bits per heavy atom. The summed E-state index contributed by atoms with van der Waals surface area (Å²) in [6.45, 7) is 1.86. The maximum atomic E-state index is 13.0. The second-order valence-corrected chi connectivity index (χ2v) is 7.39. The molecule has 0 saturated heterocycles. The van der Waals surface area contributed by atoms with Gasteiger partial charge in [-0.3, -0.25) is 9.59 Å². The lowest BCUT2D eigenvalue weighted by Gasteiger charge is -2.15. The van der Waals surface area contributed by atoms with E-state index in [9.17, 15) is 22.8 Å². The van der Waals surface area contributed by atoms with E-state index in [0.717, 1.165) is 34.4 Å². The maximum absolute atomic E-state index is 13.0. The summed E-state index contributed by atoms with van der Waals surface area (Å²) in [4.78, 5) is 25.4. The van der Waals surface area contributed by atoms with Crippen molar-refractivity contribution in [1.29, 1.82) is 0 Å². The van der Waals surface area contributed by atoms with E-state index in [-0.39, 0.29) is 16.8 Å². The van der Waals surface area contributed by atoms with E-state index < -0.39 is 12.1 Å². The van der Waals surface area contributed by atoms with Gasteiger partial charge >= 0.3 is 6.36 Å². The van der Waals surface area contributed by atoms with E-state index >= 15 is 0 Å². The van der Waals surface area contributed by atoms with Crippen LogP contribution in [0.3, 0.4) is 0 Å². The number of hydrogen-bond donors (Lipinski definition) is 1. The molecule has 7 nitrogen and oxygen atoms in total. The van der Waals surface area contributed by atoms with Crippen LogP contribution in [-0.2, 0) is 19.9 Å². The van der Waals surface area contributed by atoms with Crippen molar-refractivity contribution in [2.45, 2.75) is 32.5 Å². The summed E-state index contributed by atoms with van der Waals surface area (Å²) in [5, 5.41) is 7.45. The van der Waals surface area contributed by atoms with Gasteiger partial charge in [0.25, 0.3) is 11.1 Å².